The lowest BCUT2D eigenvalue weighted by molar-refractivity contribution is 0.681. The molecule has 0 fully saturated rings. The van der Waals surface area contributed by atoms with E-state index in [-0.39, 0.29) is 0 Å². The Labute approximate surface area is 138 Å². The van der Waals surface area contributed by atoms with Gasteiger partial charge in [-0.3, -0.25) is 0 Å². The van der Waals surface area contributed by atoms with Gasteiger partial charge in [0.2, 0.25) is 0 Å². The summed E-state index contributed by atoms with van der Waals surface area (Å²) in [6, 6.07) is 14.6. The molecule has 0 spiro atoms. The van der Waals surface area contributed by atoms with Crippen LogP contribution in [0.2, 0.25) is 0 Å². The lowest BCUT2D eigenvalue weighted by Crippen LogP contribution is -2.04. The molecule has 0 aliphatic rings. The molecule has 1 heterocycles. The van der Waals surface area contributed by atoms with Crippen molar-refractivity contribution in [1.29, 1.82) is 0 Å². The zero-order chi connectivity index (χ0) is 14.8. The quantitative estimate of drug-likeness (QED) is 0.629. The summed E-state index contributed by atoms with van der Waals surface area (Å²) in [5, 5.41) is 4.59. The van der Waals surface area contributed by atoms with Crippen molar-refractivity contribution < 1.29 is 0 Å². The van der Waals surface area contributed by atoms with Crippen LogP contribution < -0.4 is 0 Å². The topological polar surface area (TPSA) is 30.7 Å². The minimum atomic E-state index is 0.760. The second-order valence-electron chi connectivity index (χ2n) is 5.14. The summed E-state index contributed by atoms with van der Waals surface area (Å²) in [4.78, 5) is 4.42. The van der Waals surface area contributed by atoms with Crippen LogP contribution in [-0.2, 0) is 6.54 Å². The third-order valence-electron chi connectivity index (χ3n) is 3.60. The van der Waals surface area contributed by atoms with E-state index in [2.05, 4.69) is 89.0 Å². The first kappa shape index (κ1) is 14.3. The predicted octanol–water partition coefficient (Wildman–Crippen LogP) is 4.21. The maximum absolute atomic E-state index is 4.59. The minimum Gasteiger partial charge on any atom is -0.248 e. The lowest BCUT2D eigenvalue weighted by Gasteiger charge is -2.08. The zero-order valence-corrected chi connectivity index (χ0v) is 14.2. The van der Waals surface area contributed by atoms with Gasteiger partial charge in [0, 0.05) is 9.13 Å². The van der Waals surface area contributed by atoms with Crippen LogP contribution >= 0.6 is 22.6 Å². The van der Waals surface area contributed by atoms with Crippen molar-refractivity contribution in [3.8, 4) is 11.4 Å². The Bertz CT molecular complexity index is 740. The van der Waals surface area contributed by atoms with Crippen LogP contribution in [0.1, 0.15) is 16.7 Å². The van der Waals surface area contributed by atoms with Gasteiger partial charge in [0.05, 0.1) is 6.54 Å². The lowest BCUT2D eigenvalue weighted by atomic mass is 10.0. The second kappa shape index (κ2) is 5.97. The number of aromatic nitrogens is 3. The molecule has 2 aromatic carbocycles. The molecule has 0 aliphatic heterocycles. The summed E-state index contributed by atoms with van der Waals surface area (Å²) in [7, 11) is 0. The molecule has 4 heteroatoms. The summed E-state index contributed by atoms with van der Waals surface area (Å²) in [5.41, 5.74) is 4.95. The van der Waals surface area contributed by atoms with Crippen LogP contribution in [-0.4, -0.2) is 14.8 Å². The Hall–Kier alpha value is -1.69. The van der Waals surface area contributed by atoms with Crippen LogP contribution in [0.15, 0.2) is 48.8 Å². The van der Waals surface area contributed by atoms with Gasteiger partial charge in [0.15, 0.2) is 5.82 Å². The molecule has 3 rings (SSSR count). The smallest absolute Gasteiger partial charge is 0.181 e. The van der Waals surface area contributed by atoms with Gasteiger partial charge in [0.25, 0.3) is 0 Å². The number of rotatable bonds is 3. The molecular weight excluding hydrogens is 373 g/mol. The van der Waals surface area contributed by atoms with Gasteiger partial charge in [-0.2, -0.15) is 5.10 Å². The molecule has 0 atom stereocenters. The van der Waals surface area contributed by atoms with Crippen molar-refractivity contribution in [2.45, 2.75) is 20.4 Å². The second-order valence-corrected chi connectivity index (χ2v) is 6.39. The molecule has 0 unspecified atom stereocenters. The van der Waals surface area contributed by atoms with Crippen molar-refractivity contribution >= 4 is 22.6 Å². The van der Waals surface area contributed by atoms with Crippen LogP contribution in [0.5, 0.6) is 0 Å². The van der Waals surface area contributed by atoms with E-state index in [1.54, 1.807) is 6.33 Å². The average Bonchev–Trinajstić information content (AvgIpc) is 2.92. The Kier molecular flexibility index (Phi) is 4.05. The number of nitrogens with zero attached hydrogens (tertiary/aromatic N) is 3. The van der Waals surface area contributed by atoms with E-state index in [1.807, 2.05) is 4.68 Å². The average molecular weight is 389 g/mol. The normalized spacial score (nSPS) is 10.8. The maximum Gasteiger partial charge on any atom is 0.181 e. The van der Waals surface area contributed by atoms with E-state index in [9.17, 15) is 0 Å². The van der Waals surface area contributed by atoms with Gasteiger partial charge in [-0.1, -0.05) is 30.3 Å². The van der Waals surface area contributed by atoms with E-state index in [0.29, 0.717) is 0 Å². The fraction of sp³-hybridized carbons (Fsp3) is 0.176. The fourth-order valence-corrected chi connectivity index (χ4v) is 2.72. The number of hydrogen-bond donors (Lipinski definition) is 0. The monoisotopic (exact) mass is 389 g/mol. The molecule has 0 N–H and O–H groups in total. The number of halogens is 1. The van der Waals surface area contributed by atoms with E-state index in [0.717, 1.165) is 17.9 Å². The predicted molar refractivity (Wildman–Crippen MR) is 93.2 cm³/mol. The van der Waals surface area contributed by atoms with Crippen LogP contribution in [0.4, 0.5) is 0 Å². The third kappa shape index (κ3) is 3.15. The molecule has 21 heavy (non-hydrogen) atoms. The molecular formula is C17H16IN3. The van der Waals surface area contributed by atoms with Crippen molar-refractivity contribution in [2.24, 2.45) is 0 Å². The molecule has 0 radical (unpaired) electrons. The van der Waals surface area contributed by atoms with Gasteiger partial charge in [0.1, 0.15) is 6.33 Å². The van der Waals surface area contributed by atoms with E-state index in [4.69, 9.17) is 0 Å². The van der Waals surface area contributed by atoms with Crippen LogP contribution in [0, 0.1) is 17.4 Å². The molecule has 0 aliphatic carbocycles. The first-order valence-electron chi connectivity index (χ1n) is 6.84. The van der Waals surface area contributed by atoms with Crippen LogP contribution in [0.3, 0.4) is 0 Å². The minimum absolute atomic E-state index is 0.760. The van der Waals surface area contributed by atoms with Gasteiger partial charge in [-0.25, -0.2) is 9.67 Å². The third-order valence-corrected chi connectivity index (χ3v) is 4.32. The highest BCUT2D eigenvalue weighted by Gasteiger charge is 2.07. The molecule has 0 amide bonds. The van der Waals surface area contributed by atoms with Gasteiger partial charge >= 0.3 is 0 Å². The van der Waals surface area contributed by atoms with E-state index < -0.39 is 0 Å². The van der Waals surface area contributed by atoms with Gasteiger partial charge < -0.3 is 0 Å². The molecule has 0 bridgehead atoms. The van der Waals surface area contributed by atoms with Crippen molar-refractivity contribution in [3.63, 3.8) is 0 Å². The Balaban J connectivity index is 1.87. The molecule has 0 saturated carbocycles. The summed E-state index contributed by atoms with van der Waals surface area (Å²) in [6.07, 6.45) is 1.80. The maximum atomic E-state index is 4.59. The fourth-order valence-electron chi connectivity index (χ4n) is 2.36. The molecule has 0 saturated heterocycles. The Morgan fingerprint density at radius 3 is 2.33 bits per heavy atom. The van der Waals surface area contributed by atoms with E-state index >= 15 is 0 Å². The van der Waals surface area contributed by atoms with Crippen molar-refractivity contribution in [1.82, 2.24) is 14.8 Å². The first-order valence-corrected chi connectivity index (χ1v) is 7.92. The summed E-state index contributed by atoms with van der Waals surface area (Å²) >= 11 is 2.30. The zero-order valence-electron chi connectivity index (χ0n) is 12.0. The van der Waals surface area contributed by atoms with Crippen molar-refractivity contribution in [3.05, 3.63) is 69.1 Å². The summed E-state index contributed by atoms with van der Waals surface area (Å²) in [6.45, 7) is 5.04. The Morgan fingerprint density at radius 1 is 1.00 bits per heavy atom. The van der Waals surface area contributed by atoms with Gasteiger partial charge in [-0.05, 0) is 65.3 Å². The highest BCUT2D eigenvalue weighted by atomic mass is 127. The molecule has 106 valence electrons. The molecule has 3 aromatic rings. The number of aryl methyl sites for hydroxylation is 2. The molecule has 1 aromatic heterocycles. The highest BCUT2D eigenvalue weighted by molar-refractivity contribution is 14.1. The van der Waals surface area contributed by atoms with Crippen molar-refractivity contribution in [2.75, 3.05) is 0 Å². The number of benzene rings is 2. The van der Waals surface area contributed by atoms with Gasteiger partial charge in [-0.15, -0.1) is 0 Å². The first-order chi connectivity index (χ1) is 10.1. The summed E-state index contributed by atoms with van der Waals surface area (Å²) in [5.74, 6) is 0.776. The highest BCUT2D eigenvalue weighted by Crippen LogP contribution is 2.18. The Morgan fingerprint density at radius 2 is 1.67 bits per heavy atom. The number of hydrogen-bond acceptors (Lipinski definition) is 2. The summed E-state index contributed by atoms with van der Waals surface area (Å²) < 4.78 is 3.12. The largest absolute Gasteiger partial charge is 0.248 e. The standard InChI is InChI=1S/C17H16IN3/c1-12-4-3-5-13(2)16(12)10-21-11-19-17(20-21)14-6-8-15(18)9-7-14/h3-9,11H,10H2,1-2H3. The SMILES string of the molecule is Cc1cccc(C)c1Cn1cnc(-c2ccc(I)cc2)n1. The van der Waals surface area contributed by atoms with E-state index in [1.165, 1.54) is 20.3 Å². The molecule has 3 nitrogen and oxygen atoms in total. The van der Waals surface area contributed by atoms with Crippen LogP contribution in [0.25, 0.3) is 11.4 Å².